The molecule has 27 heavy (non-hydrogen) atoms. The third kappa shape index (κ3) is 3.92. The van der Waals surface area contributed by atoms with E-state index in [-0.39, 0.29) is 23.5 Å². The summed E-state index contributed by atoms with van der Waals surface area (Å²) in [5.74, 6) is -0.448. The van der Waals surface area contributed by atoms with Crippen LogP contribution in [0.5, 0.6) is 0 Å². The van der Waals surface area contributed by atoms with Gasteiger partial charge in [0, 0.05) is 21.7 Å². The number of halogens is 2. The number of hydrogen-bond acceptors (Lipinski definition) is 3. The molecule has 1 saturated carbocycles. The predicted octanol–water partition coefficient (Wildman–Crippen LogP) is 3.46. The topological polar surface area (TPSA) is 78.5 Å². The quantitative estimate of drug-likeness (QED) is 0.744. The molecule has 6 nitrogen and oxygen atoms in total. The molecule has 2 aliphatic rings. The van der Waals surface area contributed by atoms with Crippen molar-refractivity contribution in [1.82, 2.24) is 15.5 Å². The lowest BCUT2D eigenvalue weighted by Crippen LogP contribution is -2.47. The highest BCUT2D eigenvalue weighted by molar-refractivity contribution is 6.35. The number of nitrogens with one attached hydrogen (secondary N) is 2. The highest BCUT2D eigenvalue weighted by atomic mass is 35.5. The Morgan fingerprint density at radius 1 is 1.30 bits per heavy atom. The van der Waals surface area contributed by atoms with Crippen LogP contribution in [0.2, 0.25) is 10.0 Å². The summed E-state index contributed by atoms with van der Waals surface area (Å²) >= 11 is 12.1. The number of carbonyl (C=O) groups excluding carboxylic acids is 3. The molecule has 146 valence electrons. The summed E-state index contributed by atoms with van der Waals surface area (Å²) in [6, 6.07) is 4.20. The summed E-state index contributed by atoms with van der Waals surface area (Å²) in [5.41, 5.74) is -0.896. The lowest BCUT2D eigenvalue weighted by Gasteiger charge is -2.30. The average Bonchev–Trinajstić information content (AvgIpc) is 2.81. The van der Waals surface area contributed by atoms with Crippen LogP contribution in [0.25, 0.3) is 0 Å². The maximum Gasteiger partial charge on any atom is 0.325 e. The van der Waals surface area contributed by atoms with Gasteiger partial charge in [-0.25, -0.2) is 4.79 Å². The molecule has 3 rings (SSSR count). The Hall–Kier alpha value is -1.79. The highest BCUT2D eigenvalue weighted by Crippen LogP contribution is 2.35. The van der Waals surface area contributed by atoms with Crippen LogP contribution in [0.1, 0.15) is 45.1 Å². The number of imide groups is 1. The van der Waals surface area contributed by atoms with Crippen LogP contribution in [0, 0.1) is 5.92 Å². The summed E-state index contributed by atoms with van der Waals surface area (Å²) in [6.07, 6.45) is 4.23. The van der Waals surface area contributed by atoms with E-state index >= 15 is 0 Å². The number of carbonyl (C=O) groups is 3. The molecule has 3 unspecified atom stereocenters. The second kappa shape index (κ2) is 7.68. The van der Waals surface area contributed by atoms with Crippen molar-refractivity contribution in [3.63, 3.8) is 0 Å². The Labute approximate surface area is 168 Å². The molecule has 1 aromatic carbocycles. The Morgan fingerprint density at radius 2 is 2.00 bits per heavy atom. The Morgan fingerprint density at radius 3 is 2.67 bits per heavy atom. The van der Waals surface area contributed by atoms with Gasteiger partial charge in [-0.1, -0.05) is 49.0 Å². The van der Waals surface area contributed by atoms with E-state index in [0.29, 0.717) is 16.5 Å². The van der Waals surface area contributed by atoms with E-state index in [1.54, 1.807) is 19.1 Å². The van der Waals surface area contributed by atoms with Gasteiger partial charge in [0.25, 0.3) is 5.91 Å². The summed E-state index contributed by atoms with van der Waals surface area (Å²) in [5, 5.41) is 6.33. The minimum absolute atomic E-state index is 0.0871. The van der Waals surface area contributed by atoms with E-state index in [1.165, 1.54) is 12.5 Å². The first-order valence-corrected chi connectivity index (χ1v) is 9.87. The van der Waals surface area contributed by atoms with Crippen LogP contribution in [0.15, 0.2) is 18.2 Å². The maximum absolute atomic E-state index is 12.9. The molecule has 0 spiro atoms. The van der Waals surface area contributed by atoms with Gasteiger partial charge in [-0.15, -0.1) is 0 Å². The number of hydrogen-bond donors (Lipinski definition) is 2. The lowest BCUT2D eigenvalue weighted by atomic mass is 9.86. The van der Waals surface area contributed by atoms with Crippen molar-refractivity contribution < 1.29 is 14.4 Å². The first-order chi connectivity index (χ1) is 12.7. The summed E-state index contributed by atoms with van der Waals surface area (Å²) in [6.45, 7) is 3.37. The van der Waals surface area contributed by atoms with Gasteiger partial charge < -0.3 is 10.6 Å². The second-order valence-electron chi connectivity index (χ2n) is 7.51. The van der Waals surface area contributed by atoms with Gasteiger partial charge in [-0.2, -0.15) is 0 Å². The average molecular weight is 412 g/mol. The SMILES string of the molecule is CC1CCCCC1NC(=O)CN1C(=O)NC(C)(c2ccc(Cl)cc2Cl)C1=O. The standard InChI is InChI=1S/C19H23Cl2N3O3/c1-11-5-3-4-6-15(11)22-16(25)10-24-17(26)19(2,23-18(24)27)13-8-7-12(20)9-14(13)21/h7-9,11,15H,3-6,10H2,1-2H3,(H,22,25)(H,23,27). The molecule has 2 N–H and O–H groups in total. The van der Waals surface area contributed by atoms with E-state index in [2.05, 4.69) is 17.6 Å². The van der Waals surface area contributed by atoms with Crippen LogP contribution in [-0.2, 0) is 15.1 Å². The van der Waals surface area contributed by atoms with Crippen molar-refractivity contribution in [3.8, 4) is 0 Å². The maximum atomic E-state index is 12.9. The fraction of sp³-hybridized carbons (Fsp3) is 0.526. The van der Waals surface area contributed by atoms with Gasteiger partial charge in [0.05, 0.1) is 0 Å². The molecule has 1 aliphatic carbocycles. The monoisotopic (exact) mass is 411 g/mol. The molecule has 1 aliphatic heterocycles. The van der Waals surface area contributed by atoms with Crippen LogP contribution >= 0.6 is 23.2 Å². The van der Waals surface area contributed by atoms with Crippen molar-refractivity contribution in [2.24, 2.45) is 5.92 Å². The predicted molar refractivity (Wildman–Crippen MR) is 104 cm³/mol. The summed E-state index contributed by atoms with van der Waals surface area (Å²) < 4.78 is 0. The highest BCUT2D eigenvalue weighted by Gasteiger charge is 2.50. The molecule has 0 bridgehead atoms. The Kier molecular flexibility index (Phi) is 5.68. The van der Waals surface area contributed by atoms with Crippen molar-refractivity contribution in [2.75, 3.05) is 6.54 Å². The first kappa shape index (κ1) is 20.0. The zero-order valence-corrected chi connectivity index (χ0v) is 16.9. The van der Waals surface area contributed by atoms with E-state index < -0.39 is 17.5 Å². The molecule has 3 atom stereocenters. The molecule has 8 heteroatoms. The number of nitrogens with zero attached hydrogens (tertiary/aromatic N) is 1. The van der Waals surface area contributed by atoms with Crippen molar-refractivity contribution in [2.45, 2.75) is 51.1 Å². The summed E-state index contributed by atoms with van der Waals surface area (Å²) in [7, 11) is 0. The zero-order valence-electron chi connectivity index (χ0n) is 15.4. The molecule has 0 radical (unpaired) electrons. The molecule has 2 fully saturated rings. The molecule has 1 heterocycles. The minimum Gasteiger partial charge on any atom is -0.352 e. The molecule has 1 aromatic rings. The fourth-order valence-electron chi connectivity index (χ4n) is 3.84. The van der Waals surface area contributed by atoms with Gasteiger partial charge in [-0.05, 0) is 37.8 Å². The number of amides is 4. The molecule has 1 saturated heterocycles. The van der Waals surface area contributed by atoms with E-state index in [4.69, 9.17) is 23.2 Å². The van der Waals surface area contributed by atoms with Crippen molar-refractivity contribution in [1.29, 1.82) is 0 Å². The van der Waals surface area contributed by atoms with Crippen LogP contribution in [0.4, 0.5) is 4.79 Å². The van der Waals surface area contributed by atoms with Crippen LogP contribution < -0.4 is 10.6 Å². The third-order valence-corrected chi connectivity index (χ3v) is 6.05. The third-order valence-electron chi connectivity index (χ3n) is 5.50. The molecular weight excluding hydrogens is 389 g/mol. The second-order valence-corrected chi connectivity index (χ2v) is 8.35. The molecule has 0 aromatic heterocycles. The van der Waals surface area contributed by atoms with Crippen molar-refractivity contribution >= 4 is 41.0 Å². The smallest absolute Gasteiger partial charge is 0.325 e. The molecular formula is C19H23Cl2N3O3. The van der Waals surface area contributed by atoms with E-state index in [1.807, 2.05) is 0 Å². The largest absolute Gasteiger partial charge is 0.352 e. The molecule has 4 amide bonds. The zero-order chi connectivity index (χ0) is 19.8. The Balaban J connectivity index is 1.73. The Bertz CT molecular complexity index is 785. The summed E-state index contributed by atoms with van der Waals surface area (Å²) in [4.78, 5) is 38.7. The number of rotatable bonds is 4. The first-order valence-electron chi connectivity index (χ1n) is 9.11. The van der Waals surface area contributed by atoms with Gasteiger partial charge in [0.15, 0.2) is 0 Å². The number of benzene rings is 1. The lowest BCUT2D eigenvalue weighted by molar-refractivity contribution is -0.135. The van der Waals surface area contributed by atoms with Gasteiger partial charge in [0.2, 0.25) is 5.91 Å². The van der Waals surface area contributed by atoms with E-state index in [0.717, 1.165) is 24.2 Å². The number of urea groups is 1. The van der Waals surface area contributed by atoms with Gasteiger partial charge >= 0.3 is 6.03 Å². The minimum atomic E-state index is -1.34. The fourth-order valence-corrected chi connectivity index (χ4v) is 4.44. The van der Waals surface area contributed by atoms with Crippen LogP contribution in [0.3, 0.4) is 0 Å². The normalized spacial score (nSPS) is 28.2. The van der Waals surface area contributed by atoms with Crippen molar-refractivity contribution in [3.05, 3.63) is 33.8 Å². The van der Waals surface area contributed by atoms with Gasteiger partial charge in [-0.3, -0.25) is 14.5 Å². The van der Waals surface area contributed by atoms with Crippen LogP contribution in [-0.4, -0.2) is 35.3 Å². The van der Waals surface area contributed by atoms with Gasteiger partial charge in [0.1, 0.15) is 12.1 Å². The van der Waals surface area contributed by atoms with E-state index in [9.17, 15) is 14.4 Å².